The summed E-state index contributed by atoms with van der Waals surface area (Å²) in [4.78, 5) is 25.3. The predicted molar refractivity (Wildman–Crippen MR) is 115 cm³/mol. The third kappa shape index (κ3) is 6.24. The number of nitrogens with zero attached hydrogens (tertiary/aromatic N) is 1. The minimum absolute atomic E-state index is 0.194. The first-order chi connectivity index (χ1) is 14.4. The second-order valence-corrected chi connectivity index (χ2v) is 9.33. The highest BCUT2D eigenvalue weighted by Gasteiger charge is 2.30. The number of hydrogen-bond donors (Lipinski definition) is 2. The summed E-state index contributed by atoms with van der Waals surface area (Å²) in [5.41, 5.74) is 0.203. The lowest BCUT2D eigenvalue weighted by molar-refractivity contribution is -0.116. The van der Waals surface area contributed by atoms with Crippen LogP contribution in [0, 0.1) is 17.6 Å². The van der Waals surface area contributed by atoms with Gasteiger partial charge in [-0.15, -0.1) is 0 Å². The quantitative estimate of drug-likeness (QED) is 0.642. The van der Waals surface area contributed by atoms with Crippen LogP contribution in [0.2, 0.25) is 0 Å². The molecule has 0 aromatic heterocycles. The van der Waals surface area contributed by atoms with Crippen LogP contribution in [0.15, 0.2) is 42.5 Å². The summed E-state index contributed by atoms with van der Waals surface area (Å²) in [6.07, 6.45) is 0.853. The standard InChI is InChI=1S/C21H25F2N3O4S/c1-13(2)12-24-21(28)16-7-5-6-8-19(16)25-20(27)14(3)26(31(4,29)30)15-9-10-17(22)18(23)11-15/h5-11,13-14H,12H2,1-4H3,(H,24,28)(H,25,27)/t14-/m0/s1. The number of benzene rings is 2. The fraction of sp³-hybridized carbons (Fsp3) is 0.333. The molecule has 0 aliphatic heterocycles. The molecule has 0 radical (unpaired) electrons. The van der Waals surface area contributed by atoms with Crippen LogP contribution in [0.25, 0.3) is 0 Å². The zero-order chi connectivity index (χ0) is 23.3. The van der Waals surface area contributed by atoms with Gasteiger partial charge in [-0.25, -0.2) is 17.2 Å². The highest BCUT2D eigenvalue weighted by atomic mass is 32.2. The van der Waals surface area contributed by atoms with Gasteiger partial charge in [-0.1, -0.05) is 26.0 Å². The summed E-state index contributed by atoms with van der Waals surface area (Å²) < 4.78 is 52.3. The Morgan fingerprint density at radius 1 is 1.03 bits per heavy atom. The minimum atomic E-state index is -4.02. The van der Waals surface area contributed by atoms with E-state index in [0.29, 0.717) is 16.9 Å². The molecule has 0 heterocycles. The van der Waals surface area contributed by atoms with Gasteiger partial charge >= 0.3 is 0 Å². The minimum Gasteiger partial charge on any atom is -0.352 e. The van der Waals surface area contributed by atoms with Crippen molar-refractivity contribution in [3.63, 3.8) is 0 Å². The summed E-state index contributed by atoms with van der Waals surface area (Å²) in [6, 6.07) is 7.52. The maximum atomic E-state index is 13.7. The number of rotatable bonds is 8. The second kappa shape index (κ2) is 9.86. The van der Waals surface area contributed by atoms with Crippen molar-refractivity contribution in [2.45, 2.75) is 26.8 Å². The molecule has 2 aromatic rings. The fourth-order valence-corrected chi connectivity index (χ4v) is 4.02. The van der Waals surface area contributed by atoms with Crippen molar-refractivity contribution >= 4 is 33.2 Å². The highest BCUT2D eigenvalue weighted by Crippen LogP contribution is 2.24. The molecule has 2 aromatic carbocycles. The van der Waals surface area contributed by atoms with Crippen LogP contribution < -0.4 is 14.9 Å². The van der Waals surface area contributed by atoms with Crippen LogP contribution in [0.1, 0.15) is 31.1 Å². The SMILES string of the molecule is CC(C)CNC(=O)c1ccccc1NC(=O)[C@H](C)N(c1ccc(F)c(F)c1)S(C)(=O)=O. The molecule has 0 aliphatic rings. The van der Waals surface area contributed by atoms with Crippen molar-refractivity contribution in [2.75, 3.05) is 22.4 Å². The van der Waals surface area contributed by atoms with E-state index in [1.54, 1.807) is 12.1 Å². The van der Waals surface area contributed by atoms with Crippen LogP contribution >= 0.6 is 0 Å². The van der Waals surface area contributed by atoms with Crippen molar-refractivity contribution in [3.05, 3.63) is 59.7 Å². The lowest BCUT2D eigenvalue weighted by Crippen LogP contribution is -2.45. The first-order valence-electron chi connectivity index (χ1n) is 9.54. The van der Waals surface area contributed by atoms with E-state index in [1.807, 2.05) is 13.8 Å². The number of sulfonamides is 1. The smallest absolute Gasteiger partial charge is 0.253 e. The molecule has 31 heavy (non-hydrogen) atoms. The number of halogens is 2. The molecular weight excluding hydrogens is 428 g/mol. The van der Waals surface area contributed by atoms with Gasteiger partial charge in [0.05, 0.1) is 23.2 Å². The van der Waals surface area contributed by atoms with E-state index in [0.717, 1.165) is 18.4 Å². The normalized spacial score (nSPS) is 12.4. The molecule has 0 saturated heterocycles. The Morgan fingerprint density at radius 3 is 2.26 bits per heavy atom. The molecule has 0 unspecified atom stereocenters. The Kier molecular flexibility index (Phi) is 7.72. The Labute approximate surface area is 180 Å². The Morgan fingerprint density at radius 2 is 1.68 bits per heavy atom. The van der Waals surface area contributed by atoms with E-state index < -0.39 is 39.5 Å². The van der Waals surface area contributed by atoms with E-state index in [2.05, 4.69) is 10.6 Å². The van der Waals surface area contributed by atoms with Gasteiger partial charge < -0.3 is 10.6 Å². The number of amides is 2. The summed E-state index contributed by atoms with van der Waals surface area (Å²) in [7, 11) is -4.02. The third-order valence-electron chi connectivity index (χ3n) is 4.35. The largest absolute Gasteiger partial charge is 0.352 e. The zero-order valence-electron chi connectivity index (χ0n) is 17.6. The molecule has 0 bridgehead atoms. The van der Waals surface area contributed by atoms with E-state index in [1.165, 1.54) is 19.1 Å². The van der Waals surface area contributed by atoms with Gasteiger partial charge in [-0.3, -0.25) is 13.9 Å². The summed E-state index contributed by atoms with van der Waals surface area (Å²) in [5, 5.41) is 5.31. The first kappa shape index (κ1) is 24.3. The molecule has 7 nitrogen and oxygen atoms in total. The number of hydrogen-bond acceptors (Lipinski definition) is 4. The Bertz CT molecular complexity index is 1070. The molecule has 2 amide bonds. The summed E-state index contributed by atoms with van der Waals surface area (Å²) >= 11 is 0. The van der Waals surface area contributed by atoms with Gasteiger partial charge in [0, 0.05) is 12.6 Å². The maximum absolute atomic E-state index is 13.7. The molecule has 1 atom stereocenters. The molecule has 168 valence electrons. The molecule has 2 rings (SSSR count). The number of para-hydroxylation sites is 1. The van der Waals surface area contributed by atoms with Crippen molar-refractivity contribution in [2.24, 2.45) is 5.92 Å². The van der Waals surface area contributed by atoms with E-state index in [-0.39, 0.29) is 22.9 Å². The molecule has 2 N–H and O–H groups in total. The van der Waals surface area contributed by atoms with Crippen LogP contribution in [0.5, 0.6) is 0 Å². The van der Waals surface area contributed by atoms with Crippen LogP contribution in [0.3, 0.4) is 0 Å². The van der Waals surface area contributed by atoms with Gasteiger partial charge in [0.1, 0.15) is 6.04 Å². The van der Waals surface area contributed by atoms with Gasteiger partial charge in [0.2, 0.25) is 15.9 Å². The molecule has 0 saturated carbocycles. The summed E-state index contributed by atoms with van der Waals surface area (Å²) in [5.74, 6) is -3.30. The summed E-state index contributed by atoms with van der Waals surface area (Å²) in [6.45, 7) is 5.62. The maximum Gasteiger partial charge on any atom is 0.253 e. The van der Waals surface area contributed by atoms with E-state index >= 15 is 0 Å². The molecule has 0 spiro atoms. The van der Waals surface area contributed by atoms with E-state index in [9.17, 15) is 26.8 Å². The fourth-order valence-electron chi connectivity index (χ4n) is 2.85. The van der Waals surface area contributed by atoms with Crippen LogP contribution in [-0.2, 0) is 14.8 Å². The lowest BCUT2D eigenvalue weighted by Gasteiger charge is -2.28. The number of nitrogens with one attached hydrogen (secondary N) is 2. The highest BCUT2D eigenvalue weighted by molar-refractivity contribution is 7.92. The Hall–Kier alpha value is -3.01. The lowest BCUT2D eigenvalue weighted by atomic mass is 10.1. The average molecular weight is 454 g/mol. The van der Waals surface area contributed by atoms with Gasteiger partial charge in [0.25, 0.3) is 5.91 Å². The van der Waals surface area contributed by atoms with Crippen molar-refractivity contribution in [3.8, 4) is 0 Å². The van der Waals surface area contributed by atoms with Crippen LogP contribution in [0.4, 0.5) is 20.2 Å². The number of carbonyl (C=O) groups is 2. The second-order valence-electron chi connectivity index (χ2n) is 7.47. The first-order valence-corrected chi connectivity index (χ1v) is 11.4. The van der Waals surface area contributed by atoms with Crippen molar-refractivity contribution in [1.82, 2.24) is 5.32 Å². The van der Waals surface area contributed by atoms with Crippen molar-refractivity contribution in [1.29, 1.82) is 0 Å². The van der Waals surface area contributed by atoms with Gasteiger partial charge in [0.15, 0.2) is 11.6 Å². The topological polar surface area (TPSA) is 95.6 Å². The molecule has 10 heteroatoms. The van der Waals surface area contributed by atoms with Crippen molar-refractivity contribution < 1.29 is 26.8 Å². The Balaban J connectivity index is 2.31. The zero-order valence-corrected chi connectivity index (χ0v) is 18.5. The average Bonchev–Trinajstić information content (AvgIpc) is 2.68. The molecular formula is C21H25F2N3O4S. The molecule has 0 aliphatic carbocycles. The number of carbonyl (C=O) groups excluding carboxylic acids is 2. The third-order valence-corrected chi connectivity index (χ3v) is 5.59. The monoisotopic (exact) mass is 453 g/mol. The van der Waals surface area contributed by atoms with Gasteiger partial charge in [-0.05, 0) is 37.1 Å². The van der Waals surface area contributed by atoms with Gasteiger partial charge in [-0.2, -0.15) is 0 Å². The van der Waals surface area contributed by atoms with Crippen LogP contribution in [-0.4, -0.2) is 39.1 Å². The predicted octanol–water partition coefficient (Wildman–Crippen LogP) is 3.14. The number of anilines is 2. The van der Waals surface area contributed by atoms with E-state index in [4.69, 9.17) is 0 Å². The molecule has 0 fully saturated rings.